The van der Waals surface area contributed by atoms with E-state index in [4.69, 9.17) is 0 Å². The van der Waals surface area contributed by atoms with Crippen molar-refractivity contribution < 1.29 is 9.90 Å². The number of rotatable bonds is 5. The molecule has 2 atom stereocenters. The van der Waals surface area contributed by atoms with E-state index < -0.39 is 0 Å². The molecule has 1 aliphatic rings. The van der Waals surface area contributed by atoms with Crippen molar-refractivity contribution in [2.45, 2.75) is 32.2 Å². The Kier molecular flexibility index (Phi) is 5.11. The van der Waals surface area contributed by atoms with Crippen LogP contribution in [0.5, 0.6) is 0 Å². The fourth-order valence-corrected chi connectivity index (χ4v) is 2.83. The van der Waals surface area contributed by atoms with E-state index in [1.807, 2.05) is 37.3 Å². The predicted molar refractivity (Wildman–Crippen MR) is 76.2 cm³/mol. The monoisotopic (exact) mass is 261 g/mol. The van der Waals surface area contributed by atoms with E-state index in [0.29, 0.717) is 0 Å². The van der Waals surface area contributed by atoms with Crippen LogP contribution < -0.4 is 0 Å². The second kappa shape index (κ2) is 6.83. The number of ketones is 1. The van der Waals surface area contributed by atoms with Gasteiger partial charge in [0.25, 0.3) is 0 Å². The molecule has 19 heavy (non-hydrogen) atoms. The quantitative estimate of drug-likeness (QED) is 0.827. The number of aliphatic hydroxyl groups excluding tert-OH is 1. The molecule has 0 spiro atoms. The molecule has 3 nitrogen and oxygen atoms in total. The molecule has 3 heteroatoms. The van der Waals surface area contributed by atoms with Crippen molar-refractivity contribution in [1.29, 1.82) is 0 Å². The lowest BCUT2D eigenvalue weighted by atomic mass is 9.96. The molecule has 1 N–H and O–H groups in total. The van der Waals surface area contributed by atoms with Crippen molar-refractivity contribution in [3.05, 3.63) is 35.9 Å². The van der Waals surface area contributed by atoms with E-state index in [2.05, 4.69) is 4.90 Å². The topological polar surface area (TPSA) is 40.5 Å². The number of nitrogens with zero attached hydrogens (tertiary/aromatic N) is 1. The number of hydrogen-bond acceptors (Lipinski definition) is 3. The van der Waals surface area contributed by atoms with Gasteiger partial charge >= 0.3 is 0 Å². The number of Topliss-reactive ketones (excluding diaryl/α,β-unsaturated/α-hetero) is 1. The number of aliphatic hydroxyl groups is 1. The van der Waals surface area contributed by atoms with Crippen LogP contribution in [0.2, 0.25) is 0 Å². The van der Waals surface area contributed by atoms with Crippen LogP contribution in [0.4, 0.5) is 0 Å². The molecule has 104 valence electrons. The molecule has 0 amide bonds. The summed E-state index contributed by atoms with van der Waals surface area (Å²) in [7, 11) is 0. The van der Waals surface area contributed by atoms with Crippen LogP contribution in [0.1, 0.15) is 36.5 Å². The smallest absolute Gasteiger partial charge is 0.166 e. The first-order chi connectivity index (χ1) is 9.22. The molecular formula is C16H23NO2. The summed E-state index contributed by atoms with van der Waals surface area (Å²) < 4.78 is 0. The van der Waals surface area contributed by atoms with E-state index in [-0.39, 0.29) is 24.3 Å². The molecule has 1 aromatic carbocycles. The Hall–Kier alpha value is -1.19. The van der Waals surface area contributed by atoms with Crippen LogP contribution in [0.3, 0.4) is 0 Å². The van der Waals surface area contributed by atoms with Gasteiger partial charge in [0, 0.05) is 24.1 Å². The minimum atomic E-state index is -0.0189. The van der Waals surface area contributed by atoms with Crippen LogP contribution in [-0.4, -0.2) is 41.5 Å². The Labute approximate surface area is 115 Å². The summed E-state index contributed by atoms with van der Waals surface area (Å²) in [4.78, 5) is 14.6. The van der Waals surface area contributed by atoms with Gasteiger partial charge < -0.3 is 5.11 Å². The Morgan fingerprint density at radius 2 is 2.11 bits per heavy atom. The van der Waals surface area contributed by atoms with Gasteiger partial charge in [0.2, 0.25) is 0 Å². The third-order valence-corrected chi connectivity index (χ3v) is 3.97. The maximum Gasteiger partial charge on any atom is 0.166 e. The van der Waals surface area contributed by atoms with E-state index in [9.17, 15) is 9.90 Å². The lowest BCUT2D eigenvalue weighted by Gasteiger charge is -2.35. The number of carbonyl (C=O) groups excluding carboxylic acids is 1. The Morgan fingerprint density at radius 1 is 1.37 bits per heavy atom. The zero-order valence-electron chi connectivity index (χ0n) is 11.6. The van der Waals surface area contributed by atoms with Crippen LogP contribution >= 0.6 is 0 Å². The number of carbonyl (C=O) groups is 1. The molecule has 0 bridgehead atoms. The van der Waals surface area contributed by atoms with Crippen LogP contribution in [0, 0.1) is 5.92 Å². The molecule has 0 aromatic heterocycles. The molecule has 1 saturated heterocycles. The molecule has 1 aliphatic heterocycles. The van der Waals surface area contributed by atoms with Gasteiger partial charge in [0.1, 0.15) is 0 Å². The van der Waals surface area contributed by atoms with Crippen molar-refractivity contribution in [1.82, 2.24) is 4.90 Å². The average Bonchev–Trinajstić information content (AvgIpc) is 2.48. The number of likely N-dealkylation sites (tertiary alicyclic amines) is 1. The summed E-state index contributed by atoms with van der Waals surface area (Å²) in [5.41, 5.74) is 0.785. The largest absolute Gasteiger partial charge is 0.395 e. The molecule has 2 rings (SSSR count). The minimum absolute atomic E-state index is 0.0189. The van der Waals surface area contributed by atoms with Gasteiger partial charge in [-0.1, -0.05) is 43.7 Å². The van der Waals surface area contributed by atoms with Crippen molar-refractivity contribution >= 4 is 5.78 Å². The molecule has 1 fully saturated rings. The van der Waals surface area contributed by atoms with Gasteiger partial charge in [-0.2, -0.15) is 0 Å². The maximum absolute atomic E-state index is 12.3. The zero-order valence-corrected chi connectivity index (χ0v) is 11.6. The molecule has 0 saturated carbocycles. The Morgan fingerprint density at radius 3 is 2.79 bits per heavy atom. The van der Waals surface area contributed by atoms with Gasteiger partial charge in [-0.3, -0.25) is 9.69 Å². The number of hydrogen-bond donors (Lipinski definition) is 1. The van der Waals surface area contributed by atoms with Gasteiger partial charge in [-0.15, -0.1) is 0 Å². The molecule has 2 unspecified atom stereocenters. The van der Waals surface area contributed by atoms with E-state index in [0.717, 1.165) is 25.1 Å². The summed E-state index contributed by atoms with van der Waals surface area (Å²) in [6, 6.07) is 9.71. The van der Waals surface area contributed by atoms with E-state index in [1.165, 1.54) is 12.8 Å². The van der Waals surface area contributed by atoms with Crippen LogP contribution in [-0.2, 0) is 0 Å². The maximum atomic E-state index is 12.3. The minimum Gasteiger partial charge on any atom is -0.395 e. The van der Waals surface area contributed by atoms with Gasteiger partial charge in [-0.25, -0.2) is 0 Å². The Balaban J connectivity index is 1.96. The van der Waals surface area contributed by atoms with Crippen molar-refractivity contribution in [2.24, 2.45) is 5.92 Å². The number of piperidine rings is 1. The van der Waals surface area contributed by atoms with Crippen LogP contribution in [0.15, 0.2) is 30.3 Å². The molecule has 1 heterocycles. The second-order valence-corrected chi connectivity index (χ2v) is 5.46. The number of benzene rings is 1. The second-order valence-electron chi connectivity index (χ2n) is 5.46. The Bertz CT molecular complexity index is 404. The SMILES string of the molecule is CC(CN1CCCCC1CO)C(=O)c1ccccc1. The average molecular weight is 261 g/mol. The highest BCUT2D eigenvalue weighted by molar-refractivity contribution is 5.97. The molecule has 1 aromatic rings. The van der Waals surface area contributed by atoms with Gasteiger partial charge in [-0.05, 0) is 19.4 Å². The normalized spacial score (nSPS) is 22.1. The summed E-state index contributed by atoms with van der Waals surface area (Å²) in [5.74, 6) is 0.178. The molecule has 0 radical (unpaired) electrons. The van der Waals surface area contributed by atoms with Gasteiger partial charge in [0.15, 0.2) is 5.78 Å². The highest BCUT2D eigenvalue weighted by atomic mass is 16.3. The van der Waals surface area contributed by atoms with Crippen molar-refractivity contribution in [3.8, 4) is 0 Å². The van der Waals surface area contributed by atoms with Crippen LogP contribution in [0.25, 0.3) is 0 Å². The first-order valence-corrected chi connectivity index (χ1v) is 7.16. The predicted octanol–water partition coefficient (Wildman–Crippen LogP) is 2.35. The first kappa shape index (κ1) is 14.2. The lowest BCUT2D eigenvalue weighted by molar-refractivity contribution is 0.0674. The zero-order chi connectivity index (χ0) is 13.7. The highest BCUT2D eigenvalue weighted by Gasteiger charge is 2.25. The lowest BCUT2D eigenvalue weighted by Crippen LogP contribution is -2.45. The summed E-state index contributed by atoms with van der Waals surface area (Å²) >= 11 is 0. The summed E-state index contributed by atoms with van der Waals surface area (Å²) in [6.07, 6.45) is 3.40. The molecule has 0 aliphatic carbocycles. The van der Waals surface area contributed by atoms with Crippen molar-refractivity contribution in [2.75, 3.05) is 19.7 Å². The third kappa shape index (κ3) is 3.64. The molecular weight excluding hydrogens is 238 g/mol. The third-order valence-electron chi connectivity index (χ3n) is 3.97. The highest BCUT2D eigenvalue weighted by Crippen LogP contribution is 2.19. The van der Waals surface area contributed by atoms with E-state index in [1.54, 1.807) is 0 Å². The fourth-order valence-electron chi connectivity index (χ4n) is 2.83. The summed E-state index contributed by atoms with van der Waals surface area (Å²) in [5, 5.41) is 9.40. The van der Waals surface area contributed by atoms with Gasteiger partial charge in [0.05, 0.1) is 6.61 Å². The van der Waals surface area contributed by atoms with E-state index >= 15 is 0 Å². The summed E-state index contributed by atoms with van der Waals surface area (Å²) in [6.45, 7) is 3.93. The first-order valence-electron chi connectivity index (χ1n) is 7.16. The standard InChI is InChI=1S/C16H23NO2/c1-13(16(19)14-7-3-2-4-8-14)11-17-10-6-5-9-15(17)12-18/h2-4,7-8,13,15,18H,5-6,9-12H2,1H3. The van der Waals surface area contributed by atoms with Crippen molar-refractivity contribution in [3.63, 3.8) is 0 Å². The fraction of sp³-hybridized carbons (Fsp3) is 0.562.